The summed E-state index contributed by atoms with van der Waals surface area (Å²) >= 11 is 1.59. The molecule has 2 aromatic rings. The van der Waals surface area contributed by atoms with E-state index in [1.807, 2.05) is 57.5 Å². The van der Waals surface area contributed by atoms with Gasteiger partial charge in [-0.2, -0.15) is 0 Å². The molecule has 230 valence electrons. The number of rotatable bonds is 11. The molecule has 1 aromatic heterocycles. The van der Waals surface area contributed by atoms with Crippen molar-refractivity contribution in [1.29, 1.82) is 0 Å². The van der Waals surface area contributed by atoms with Gasteiger partial charge in [0.1, 0.15) is 18.7 Å². The van der Waals surface area contributed by atoms with Gasteiger partial charge in [-0.05, 0) is 23.5 Å². The zero-order chi connectivity index (χ0) is 30.3. The van der Waals surface area contributed by atoms with Gasteiger partial charge in [-0.15, -0.1) is 11.3 Å². The lowest BCUT2D eigenvalue weighted by molar-refractivity contribution is -0.144. The van der Waals surface area contributed by atoms with Crippen molar-refractivity contribution in [2.75, 3.05) is 52.5 Å². The molecule has 3 atom stereocenters. The van der Waals surface area contributed by atoms with Crippen molar-refractivity contribution in [2.45, 2.75) is 58.8 Å². The quantitative estimate of drug-likeness (QED) is 0.282. The van der Waals surface area contributed by atoms with E-state index >= 15 is 0 Å². The zero-order valence-corrected chi connectivity index (χ0v) is 25.8. The van der Waals surface area contributed by atoms with Crippen molar-refractivity contribution in [3.05, 3.63) is 41.0 Å². The number of aryl methyl sites for hydroxylation is 1. The molecule has 2 saturated heterocycles. The minimum absolute atomic E-state index is 0.0312. The van der Waals surface area contributed by atoms with Crippen LogP contribution in [0.15, 0.2) is 29.8 Å². The largest absolute Gasteiger partial charge is 0.391 e. The van der Waals surface area contributed by atoms with E-state index in [1.165, 1.54) is 4.90 Å². The highest BCUT2D eigenvalue weighted by atomic mass is 32.1. The molecule has 4 N–H and O–H groups in total. The van der Waals surface area contributed by atoms with E-state index in [9.17, 15) is 19.5 Å². The molecule has 0 aliphatic carbocycles. The summed E-state index contributed by atoms with van der Waals surface area (Å²) in [7, 11) is 0. The van der Waals surface area contributed by atoms with Crippen LogP contribution in [0.5, 0.6) is 0 Å². The number of piperazine rings is 1. The number of aliphatic hydroxyl groups is 1. The van der Waals surface area contributed by atoms with Crippen LogP contribution in [0.1, 0.15) is 38.4 Å². The second-order valence-electron chi connectivity index (χ2n) is 12.1. The molecule has 12 heteroatoms. The third kappa shape index (κ3) is 8.57. The molecular formula is C30H44N6O5S. The van der Waals surface area contributed by atoms with Gasteiger partial charge in [0.15, 0.2) is 0 Å². The van der Waals surface area contributed by atoms with Crippen LogP contribution in [0.3, 0.4) is 0 Å². The highest BCUT2D eigenvalue weighted by molar-refractivity contribution is 7.13. The third-order valence-corrected chi connectivity index (χ3v) is 8.68. The van der Waals surface area contributed by atoms with Gasteiger partial charge in [-0.25, -0.2) is 4.98 Å². The highest BCUT2D eigenvalue weighted by Crippen LogP contribution is 2.28. The van der Waals surface area contributed by atoms with Crippen molar-refractivity contribution in [3.63, 3.8) is 0 Å². The van der Waals surface area contributed by atoms with Gasteiger partial charge in [0, 0.05) is 52.2 Å². The molecule has 1 aromatic carbocycles. The highest BCUT2D eigenvalue weighted by Gasteiger charge is 2.44. The fraction of sp³-hybridized carbons (Fsp3) is 0.600. The number of aromatic nitrogens is 1. The molecule has 2 fully saturated rings. The molecule has 4 rings (SSSR count). The van der Waals surface area contributed by atoms with E-state index in [1.54, 1.807) is 11.3 Å². The number of likely N-dealkylation sites (tertiary alicyclic amines) is 1. The van der Waals surface area contributed by atoms with Crippen LogP contribution < -0.4 is 16.0 Å². The molecule has 3 heterocycles. The molecule has 0 saturated carbocycles. The lowest BCUT2D eigenvalue weighted by Gasteiger charge is -2.35. The summed E-state index contributed by atoms with van der Waals surface area (Å²) in [6, 6.07) is 6.20. The van der Waals surface area contributed by atoms with Gasteiger partial charge in [-0.3, -0.25) is 19.3 Å². The number of thiazole rings is 1. The van der Waals surface area contributed by atoms with Crippen LogP contribution in [-0.4, -0.2) is 108 Å². The molecule has 3 amide bonds. The van der Waals surface area contributed by atoms with Crippen LogP contribution >= 0.6 is 11.3 Å². The van der Waals surface area contributed by atoms with Crippen molar-refractivity contribution >= 4 is 29.1 Å². The van der Waals surface area contributed by atoms with E-state index < -0.39 is 29.5 Å². The predicted octanol–water partition coefficient (Wildman–Crippen LogP) is 1.15. The fourth-order valence-electron chi connectivity index (χ4n) is 5.28. The molecule has 0 spiro atoms. The number of hydrogen-bond acceptors (Lipinski definition) is 9. The SMILES string of the molecule is Cc1ncsc1-c1ccc(CNC(=O)C2CC(O)CN2C(=O)[C@@H](NC(=O)COCCN2CCNCC2)C(C)(C)C)cc1. The van der Waals surface area contributed by atoms with Crippen molar-refractivity contribution in [1.82, 2.24) is 30.7 Å². The molecule has 0 bridgehead atoms. The molecule has 2 aliphatic rings. The van der Waals surface area contributed by atoms with Crippen LogP contribution in [0.25, 0.3) is 10.4 Å². The van der Waals surface area contributed by atoms with Crippen LogP contribution in [0.4, 0.5) is 0 Å². The number of benzene rings is 1. The lowest BCUT2D eigenvalue weighted by Crippen LogP contribution is -2.58. The maximum atomic E-state index is 13.7. The van der Waals surface area contributed by atoms with Crippen molar-refractivity contribution in [3.8, 4) is 10.4 Å². The Morgan fingerprint density at radius 2 is 1.90 bits per heavy atom. The summed E-state index contributed by atoms with van der Waals surface area (Å²) in [6.45, 7) is 12.7. The smallest absolute Gasteiger partial charge is 0.246 e. The lowest BCUT2D eigenvalue weighted by atomic mass is 9.85. The van der Waals surface area contributed by atoms with E-state index in [2.05, 4.69) is 25.8 Å². The topological polar surface area (TPSA) is 136 Å². The van der Waals surface area contributed by atoms with Crippen molar-refractivity contribution in [2.24, 2.45) is 5.41 Å². The van der Waals surface area contributed by atoms with Gasteiger partial charge in [0.05, 0.1) is 28.8 Å². The fourth-order valence-corrected chi connectivity index (χ4v) is 6.09. The van der Waals surface area contributed by atoms with Crippen LogP contribution in [0, 0.1) is 12.3 Å². The average Bonchev–Trinajstić information content (AvgIpc) is 3.58. The summed E-state index contributed by atoms with van der Waals surface area (Å²) in [4.78, 5) is 48.8. The number of nitrogens with zero attached hydrogens (tertiary/aromatic N) is 3. The van der Waals surface area contributed by atoms with Gasteiger partial charge in [0.2, 0.25) is 17.7 Å². The molecule has 2 aliphatic heterocycles. The van der Waals surface area contributed by atoms with E-state index in [-0.39, 0.29) is 31.4 Å². The Morgan fingerprint density at radius 1 is 1.19 bits per heavy atom. The second kappa shape index (κ2) is 14.5. The van der Waals surface area contributed by atoms with E-state index in [4.69, 9.17) is 4.74 Å². The minimum Gasteiger partial charge on any atom is -0.391 e. The number of carbonyl (C=O) groups is 3. The Balaban J connectivity index is 1.31. The standard InChI is InChI=1S/C30H44N6O5S/c1-20-26(42-19-33-20)22-7-5-21(6-8-22)16-32-28(39)24-15-23(37)17-36(24)29(40)27(30(2,3)4)34-25(38)18-41-14-13-35-11-9-31-10-12-35/h5-8,19,23-24,27,31,37H,9-18H2,1-4H3,(H,32,39)(H,34,38)/t23?,24?,27-/m1/s1. The number of hydrogen-bond donors (Lipinski definition) is 4. The first-order valence-corrected chi connectivity index (χ1v) is 15.5. The van der Waals surface area contributed by atoms with Gasteiger partial charge in [-0.1, -0.05) is 45.0 Å². The molecule has 42 heavy (non-hydrogen) atoms. The first-order valence-electron chi connectivity index (χ1n) is 14.6. The molecular weight excluding hydrogens is 556 g/mol. The molecule has 2 unspecified atom stereocenters. The molecule has 11 nitrogen and oxygen atoms in total. The predicted molar refractivity (Wildman–Crippen MR) is 162 cm³/mol. The third-order valence-electron chi connectivity index (χ3n) is 7.71. The minimum atomic E-state index is -0.884. The Hall–Kier alpha value is -2.90. The normalized spacial score (nSPS) is 20.4. The zero-order valence-electron chi connectivity index (χ0n) is 25.0. The Labute approximate surface area is 252 Å². The summed E-state index contributed by atoms with van der Waals surface area (Å²) < 4.78 is 5.60. The number of carbonyl (C=O) groups excluding carboxylic acids is 3. The summed E-state index contributed by atoms with van der Waals surface area (Å²) in [6.07, 6.45) is -0.683. The summed E-state index contributed by atoms with van der Waals surface area (Å²) in [5.41, 5.74) is 4.17. The number of aliphatic hydroxyl groups excluding tert-OH is 1. The Bertz CT molecular complexity index is 1210. The summed E-state index contributed by atoms with van der Waals surface area (Å²) in [5, 5.41) is 19.5. The number of amides is 3. The maximum absolute atomic E-state index is 13.7. The number of β-amino-alcohol motifs (C(OH)–C–C–N with tert-alkyl or cyclic N) is 1. The first kappa shape index (κ1) is 32.0. The van der Waals surface area contributed by atoms with Gasteiger partial charge < -0.3 is 30.7 Å². The molecule has 0 radical (unpaired) electrons. The monoisotopic (exact) mass is 600 g/mol. The number of ether oxygens (including phenoxy) is 1. The second-order valence-corrected chi connectivity index (χ2v) is 12.9. The van der Waals surface area contributed by atoms with Crippen LogP contribution in [-0.2, 0) is 25.7 Å². The van der Waals surface area contributed by atoms with E-state index in [0.29, 0.717) is 13.2 Å². The van der Waals surface area contributed by atoms with Crippen LogP contribution in [0.2, 0.25) is 0 Å². The van der Waals surface area contributed by atoms with Gasteiger partial charge >= 0.3 is 0 Å². The maximum Gasteiger partial charge on any atom is 0.246 e. The van der Waals surface area contributed by atoms with Crippen molar-refractivity contribution < 1.29 is 24.2 Å². The number of nitrogens with one attached hydrogen (secondary N) is 3. The average molecular weight is 601 g/mol. The Kier molecular flexibility index (Phi) is 11.1. The summed E-state index contributed by atoms with van der Waals surface area (Å²) in [5.74, 6) is -1.11. The Morgan fingerprint density at radius 3 is 2.55 bits per heavy atom. The van der Waals surface area contributed by atoms with Gasteiger partial charge in [0.25, 0.3) is 0 Å². The first-order chi connectivity index (χ1) is 20.0. The van der Waals surface area contributed by atoms with E-state index in [0.717, 1.165) is 54.4 Å².